The van der Waals surface area contributed by atoms with Gasteiger partial charge >= 0.3 is 6.03 Å². The lowest BCUT2D eigenvalue weighted by Crippen LogP contribution is -2.61. The molecule has 0 aliphatic heterocycles. The number of anilines is 1. The molecule has 2 aliphatic carbocycles. The number of amides is 2. The van der Waals surface area contributed by atoms with Crippen LogP contribution in [0.3, 0.4) is 0 Å². The van der Waals surface area contributed by atoms with Crippen molar-refractivity contribution in [3.05, 3.63) is 64.7 Å². The molecule has 5 heteroatoms. The van der Waals surface area contributed by atoms with Gasteiger partial charge in [-0.15, -0.1) is 0 Å². The Hall–Kier alpha value is -2.43. The van der Waals surface area contributed by atoms with Gasteiger partial charge in [0, 0.05) is 5.54 Å². The van der Waals surface area contributed by atoms with Crippen LogP contribution in [0.15, 0.2) is 36.4 Å². The largest absolute Gasteiger partial charge is 0.332 e. The van der Waals surface area contributed by atoms with Crippen molar-refractivity contribution < 1.29 is 13.6 Å². The second-order valence-corrected chi connectivity index (χ2v) is 10.0. The van der Waals surface area contributed by atoms with E-state index in [4.69, 9.17) is 0 Å². The van der Waals surface area contributed by atoms with Gasteiger partial charge < -0.3 is 10.6 Å². The first kappa shape index (κ1) is 21.8. The van der Waals surface area contributed by atoms with Crippen LogP contribution in [0, 0.1) is 17.6 Å². The molecule has 3 atom stereocenters. The van der Waals surface area contributed by atoms with E-state index in [1.807, 2.05) is 0 Å². The van der Waals surface area contributed by atoms with Gasteiger partial charge in [-0.2, -0.15) is 0 Å². The first-order valence-electron chi connectivity index (χ1n) is 11.3. The number of benzene rings is 2. The second-order valence-electron chi connectivity index (χ2n) is 10.0. The van der Waals surface area contributed by atoms with Gasteiger partial charge in [-0.25, -0.2) is 13.6 Å². The van der Waals surface area contributed by atoms with E-state index in [2.05, 4.69) is 56.5 Å². The van der Waals surface area contributed by atoms with Crippen molar-refractivity contribution in [1.82, 2.24) is 5.32 Å². The van der Waals surface area contributed by atoms with Crippen molar-refractivity contribution in [1.29, 1.82) is 0 Å². The molecule has 0 radical (unpaired) electrons. The van der Waals surface area contributed by atoms with E-state index in [0.29, 0.717) is 5.92 Å². The molecule has 4 rings (SSSR count). The Labute approximate surface area is 183 Å². The van der Waals surface area contributed by atoms with Gasteiger partial charge in [-0.05, 0) is 78.7 Å². The maximum Gasteiger partial charge on any atom is 0.319 e. The molecule has 0 spiro atoms. The Bertz CT molecular complexity index is 985. The maximum absolute atomic E-state index is 14.0. The summed E-state index contributed by atoms with van der Waals surface area (Å²) in [5.74, 6) is -0.804. The highest BCUT2D eigenvalue weighted by molar-refractivity contribution is 5.90. The van der Waals surface area contributed by atoms with Crippen molar-refractivity contribution >= 4 is 11.7 Å². The molecule has 0 saturated heterocycles. The Morgan fingerprint density at radius 1 is 1.10 bits per heavy atom. The third kappa shape index (κ3) is 3.83. The molecular weight excluding hydrogens is 394 g/mol. The fourth-order valence-corrected chi connectivity index (χ4v) is 6.04. The maximum atomic E-state index is 14.0. The van der Waals surface area contributed by atoms with Crippen LogP contribution in [0.25, 0.3) is 0 Å². The molecule has 2 amide bonds. The Morgan fingerprint density at radius 3 is 2.48 bits per heavy atom. The van der Waals surface area contributed by atoms with Crippen LogP contribution < -0.4 is 10.6 Å². The molecule has 3 nitrogen and oxygen atoms in total. The van der Waals surface area contributed by atoms with Crippen molar-refractivity contribution in [2.45, 2.75) is 76.7 Å². The minimum Gasteiger partial charge on any atom is -0.332 e. The van der Waals surface area contributed by atoms with E-state index in [-0.39, 0.29) is 11.3 Å². The zero-order valence-corrected chi connectivity index (χ0v) is 18.8. The molecule has 2 aromatic carbocycles. The van der Waals surface area contributed by atoms with Crippen LogP contribution >= 0.6 is 0 Å². The summed E-state index contributed by atoms with van der Waals surface area (Å²) >= 11 is 0. The quantitative estimate of drug-likeness (QED) is 0.565. The van der Waals surface area contributed by atoms with Crippen LogP contribution in [0.4, 0.5) is 19.3 Å². The minimum atomic E-state index is -0.777. The molecule has 2 aromatic rings. The lowest BCUT2D eigenvalue weighted by Gasteiger charge is -2.55. The summed E-state index contributed by atoms with van der Waals surface area (Å²) < 4.78 is 28.0. The van der Waals surface area contributed by atoms with Crippen molar-refractivity contribution in [3.8, 4) is 0 Å². The third-order valence-corrected chi connectivity index (χ3v) is 7.64. The van der Waals surface area contributed by atoms with Gasteiger partial charge in [0.05, 0.1) is 0 Å². The zero-order valence-electron chi connectivity index (χ0n) is 18.8. The van der Waals surface area contributed by atoms with Crippen LogP contribution in [0.5, 0.6) is 0 Å². The summed E-state index contributed by atoms with van der Waals surface area (Å²) in [5.41, 5.74) is 3.29. The predicted octanol–water partition coefficient (Wildman–Crippen LogP) is 6.67. The summed E-state index contributed by atoms with van der Waals surface area (Å²) in [4.78, 5) is 12.8. The number of urea groups is 1. The summed E-state index contributed by atoms with van der Waals surface area (Å²) in [6, 6.07) is 9.89. The van der Waals surface area contributed by atoms with E-state index >= 15 is 0 Å². The molecular formula is C26H32F2N2O. The molecule has 1 saturated carbocycles. The molecule has 31 heavy (non-hydrogen) atoms. The highest BCUT2D eigenvalue weighted by Crippen LogP contribution is 2.53. The van der Waals surface area contributed by atoms with E-state index in [0.717, 1.165) is 44.2 Å². The topological polar surface area (TPSA) is 41.1 Å². The molecule has 2 aliphatic rings. The number of fused-ring (bicyclic) bond motifs is 3. The van der Waals surface area contributed by atoms with Gasteiger partial charge in [0.1, 0.15) is 17.3 Å². The van der Waals surface area contributed by atoms with Crippen molar-refractivity contribution in [3.63, 3.8) is 0 Å². The molecule has 0 unspecified atom stereocenters. The zero-order chi connectivity index (χ0) is 22.4. The number of aryl methyl sites for hydroxylation is 1. The summed E-state index contributed by atoms with van der Waals surface area (Å²) in [5, 5.41) is 5.50. The Morgan fingerprint density at radius 2 is 1.81 bits per heavy atom. The number of carbonyl (C=O) groups is 1. The van der Waals surface area contributed by atoms with Crippen molar-refractivity contribution in [2.24, 2.45) is 5.92 Å². The van der Waals surface area contributed by atoms with Gasteiger partial charge in [0.2, 0.25) is 0 Å². The standard InChI is InChI=1S/C26H32F2N2O/c1-16(2)17-9-11-19-18(15-17)10-12-22-25(19,3)13-6-14-26(22,4)30-24(31)29-23-20(27)7-5-8-21(23)28/h5,7-9,11,15-16,22H,6,10,12-14H2,1-4H3,(H2,29,30,31)/t22-,25-,26-/m1/s1. The first-order valence-corrected chi connectivity index (χ1v) is 11.3. The number of para-hydroxylation sites is 1. The van der Waals surface area contributed by atoms with Crippen LogP contribution in [-0.2, 0) is 11.8 Å². The Balaban J connectivity index is 1.59. The monoisotopic (exact) mass is 426 g/mol. The highest BCUT2D eigenvalue weighted by Gasteiger charge is 2.52. The highest BCUT2D eigenvalue weighted by atomic mass is 19.1. The summed E-state index contributed by atoms with van der Waals surface area (Å²) in [6.07, 6.45) is 4.88. The number of nitrogens with one attached hydrogen (secondary N) is 2. The van der Waals surface area contributed by atoms with E-state index in [1.54, 1.807) is 0 Å². The lowest BCUT2D eigenvalue weighted by molar-refractivity contribution is 0.0708. The summed E-state index contributed by atoms with van der Waals surface area (Å²) in [7, 11) is 0. The van der Waals surface area contributed by atoms with E-state index < -0.39 is 28.9 Å². The van der Waals surface area contributed by atoms with Gasteiger partial charge in [-0.3, -0.25) is 0 Å². The van der Waals surface area contributed by atoms with E-state index in [9.17, 15) is 13.6 Å². The van der Waals surface area contributed by atoms with Crippen LogP contribution in [0.1, 0.15) is 76.0 Å². The molecule has 2 N–H and O–H groups in total. The number of rotatable bonds is 3. The molecule has 1 fully saturated rings. The fourth-order valence-electron chi connectivity index (χ4n) is 6.04. The normalized spacial score (nSPS) is 27.4. The fraction of sp³-hybridized carbons (Fsp3) is 0.500. The van der Waals surface area contributed by atoms with E-state index in [1.165, 1.54) is 22.8 Å². The number of hydrogen-bond donors (Lipinski definition) is 2. The molecule has 0 heterocycles. The SMILES string of the molecule is CC(C)c1ccc2c(c1)CC[C@H]1[C@](C)(NC(=O)Nc3c(F)cccc3F)CCC[C@]21C. The number of carbonyl (C=O) groups excluding carboxylic acids is 1. The molecule has 0 bridgehead atoms. The second kappa shape index (κ2) is 7.92. The minimum absolute atomic E-state index is 0.0351. The first-order chi connectivity index (χ1) is 14.6. The summed E-state index contributed by atoms with van der Waals surface area (Å²) in [6.45, 7) is 8.83. The average Bonchev–Trinajstić information content (AvgIpc) is 2.70. The predicted molar refractivity (Wildman–Crippen MR) is 120 cm³/mol. The van der Waals surface area contributed by atoms with Gasteiger partial charge in [0.25, 0.3) is 0 Å². The smallest absolute Gasteiger partial charge is 0.319 e. The lowest BCUT2D eigenvalue weighted by atomic mass is 9.52. The Kier molecular flexibility index (Phi) is 5.57. The average molecular weight is 427 g/mol. The number of hydrogen-bond acceptors (Lipinski definition) is 1. The number of halogens is 2. The molecule has 0 aromatic heterocycles. The van der Waals surface area contributed by atoms with Crippen LogP contribution in [0.2, 0.25) is 0 Å². The van der Waals surface area contributed by atoms with Gasteiger partial charge in [0.15, 0.2) is 0 Å². The van der Waals surface area contributed by atoms with Crippen molar-refractivity contribution in [2.75, 3.05) is 5.32 Å². The van der Waals surface area contributed by atoms with Gasteiger partial charge in [-0.1, -0.05) is 51.5 Å². The third-order valence-electron chi connectivity index (χ3n) is 7.64. The van der Waals surface area contributed by atoms with Crippen LogP contribution in [-0.4, -0.2) is 11.6 Å². The molecule has 166 valence electrons.